The third kappa shape index (κ3) is 10.1. The number of esters is 1. The van der Waals surface area contributed by atoms with Crippen molar-refractivity contribution in [3.63, 3.8) is 0 Å². The van der Waals surface area contributed by atoms with Gasteiger partial charge in [-0.25, -0.2) is 4.79 Å². The van der Waals surface area contributed by atoms with Crippen LogP contribution in [0.25, 0.3) is 11.1 Å². The molecule has 4 atom stereocenters. The van der Waals surface area contributed by atoms with E-state index in [1.807, 2.05) is 42.5 Å². The first-order valence-corrected chi connectivity index (χ1v) is 18.2. The molecule has 2 saturated heterocycles. The largest absolute Gasteiger partial charge is 0.465 e. The minimum absolute atomic E-state index is 0.00129. The highest BCUT2D eigenvalue weighted by Gasteiger charge is 2.39. The molecule has 0 aliphatic carbocycles. The predicted octanol–water partition coefficient (Wildman–Crippen LogP) is 5.82. The number of piperazine rings is 1. The molecule has 2 aliphatic heterocycles. The number of hydrogen-bond donors (Lipinski definition) is 3. The van der Waals surface area contributed by atoms with Gasteiger partial charge in [0, 0.05) is 57.3 Å². The summed E-state index contributed by atoms with van der Waals surface area (Å²) in [6, 6.07) is 34.5. The lowest BCUT2D eigenvalue weighted by Gasteiger charge is -2.44. The van der Waals surface area contributed by atoms with Crippen LogP contribution in [0.5, 0.6) is 0 Å². The first kappa shape index (κ1) is 37.2. The van der Waals surface area contributed by atoms with Gasteiger partial charge < -0.3 is 30.0 Å². The number of urea groups is 1. The number of rotatable bonds is 13. The molecule has 0 aromatic heterocycles. The topological polar surface area (TPSA) is 113 Å². The van der Waals surface area contributed by atoms with E-state index < -0.39 is 18.3 Å². The molecule has 0 unspecified atom stereocenters. The lowest BCUT2D eigenvalue weighted by atomic mass is 9.89. The van der Waals surface area contributed by atoms with Crippen LogP contribution in [0.3, 0.4) is 0 Å². The number of nitrogens with one attached hydrogen (secondary N) is 2. The summed E-state index contributed by atoms with van der Waals surface area (Å²) in [5.74, 6) is -0.380. The predicted molar refractivity (Wildman–Crippen MR) is 200 cm³/mol. The van der Waals surface area contributed by atoms with Crippen LogP contribution in [0.4, 0.5) is 4.79 Å². The van der Waals surface area contributed by atoms with Gasteiger partial charge in [-0.15, -0.1) is 0 Å². The Balaban J connectivity index is 1.14. The lowest BCUT2D eigenvalue weighted by Crippen LogP contribution is -2.51. The Morgan fingerprint density at radius 3 is 2.19 bits per heavy atom. The van der Waals surface area contributed by atoms with Crippen LogP contribution >= 0.6 is 0 Å². The molecule has 2 heterocycles. The summed E-state index contributed by atoms with van der Waals surface area (Å²) >= 11 is 0. The zero-order chi connectivity index (χ0) is 36.3. The maximum Gasteiger partial charge on any atom is 0.325 e. The monoisotopic (exact) mass is 706 g/mol. The Bertz CT molecular complexity index is 1750. The van der Waals surface area contributed by atoms with E-state index in [2.05, 4.69) is 88.0 Å². The number of ether oxygens (including phenoxy) is 3. The molecule has 2 aliphatic rings. The average Bonchev–Trinajstić information content (AvgIpc) is 3.18. The standard InChI is InChI=1S/C42H50N4O6/c1-3-50-39(48)26-44-42(49)43-25-33-11-7-12-35(23-33)36-13-8-14-37(24-36)41-51-38(30(2)40(52-41)34-17-15-32(29-47)16-18-34)28-46-21-19-45(20-22-46)27-31-9-5-4-6-10-31/h4-18,23-24,30,38,40-41,47H,3,19-22,25-29H2,1-2H3,(H2,43,44,49)/t30-,38+,40+,41+/m0/s1. The van der Waals surface area contributed by atoms with Crippen LogP contribution in [-0.2, 0) is 38.7 Å². The fourth-order valence-electron chi connectivity index (χ4n) is 6.89. The maximum absolute atomic E-state index is 12.2. The number of aliphatic hydroxyl groups excluding tert-OH is 1. The van der Waals surface area contributed by atoms with E-state index >= 15 is 0 Å². The van der Waals surface area contributed by atoms with Crippen molar-refractivity contribution in [1.29, 1.82) is 0 Å². The molecular weight excluding hydrogens is 656 g/mol. The summed E-state index contributed by atoms with van der Waals surface area (Å²) in [6.45, 7) is 10.1. The molecule has 3 N–H and O–H groups in total. The molecule has 2 fully saturated rings. The van der Waals surface area contributed by atoms with Gasteiger partial charge in [0.1, 0.15) is 6.54 Å². The summed E-state index contributed by atoms with van der Waals surface area (Å²) in [5.41, 5.74) is 7.14. The van der Waals surface area contributed by atoms with Crippen LogP contribution in [0, 0.1) is 5.92 Å². The second-order valence-corrected chi connectivity index (χ2v) is 13.6. The summed E-state index contributed by atoms with van der Waals surface area (Å²) in [5, 5.41) is 15.0. The molecule has 10 heteroatoms. The average molecular weight is 707 g/mol. The molecule has 0 radical (unpaired) electrons. The number of carbonyl (C=O) groups excluding carboxylic acids is 2. The fraction of sp³-hybridized carbons (Fsp3) is 0.381. The lowest BCUT2D eigenvalue weighted by molar-refractivity contribution is -0.276. The van der Waals surface area contributed by atoms with Crippen molar-refractivity contribution in [2.24, 2.45) is 5.92 Å². The van der Waals surface area contributed by atoms with Gasteiger partial charge in [0.05, 0.1) is 25.4 Å². The molecule has 2 amide bonds. The third-order valence-electron chi connectivity index (χ3n) is 9.85. The summed E-state index contributed by atoms with van der Waals surface area (Å²) in [7, 11) is 0. The van der Waals surface area contributed by atoms with E-state index in [0.717, 1.165) is 72.6 Å². The molecule has 4 aromatic rings. The number of carbonyl (C=O) groups is 2. The van der Waals surface area contributed by atoms with Crippen molar-refractivity contribution in [2.45, 2.75) is 52.0 Å². The van der Waals surface area contributed by atoms with Gasteiger partial charge in [0.2, 0.25) is 0 Å². The number of benzene rings is 4. The highest BCUT2D eigenvalue weighted by molar-refractivity contribution is 5.80. The molecule has 10 nitrogen and oxygen atoms in total. The van der Waals surface area contributed by atoms with E-state index in [1.54, 1.807) is 6.92 Å². The normalized spacial score (nSPS) is 21.0. The van der Waals surface area contributed by atoms with Crippen LogP contribution in [-0.4, -0.2) is 78.9 Å². The zero-order valence-corrected chi connectivity index (χ0v) is 30.1. The van der Waals surface area contributed by atoms with Crippen molar-refractivity contribution in [1.82, 2.24) is 20.4 Å². The van der Waals surface area contributed by atoms with Crippen molar-refractivity contribution >= 4 is 12.0 Å². The molecule has 0 bridgehead atoms. The van der Waals surface area contributed by atoms with Crippen molar-refractivity contribution in [2.75, 3.05) is 45.9 Å². The van der Waals surface area contributed by atoms with E-state index in [1.165, 1.54) is 5.56 Å². The van der Waals surface area contributed by atoms with E-state index in [9.17, 15) is 14.7 Å². The number of aliphatic hydroxyl groups is 1. The van der Waals surface area contributed by atoms with E-state index in [0.29, 0.717) is 6.54 Å². The molecule has 0 spiro atoms. The third-order valence-corrected chi connectivity index (χ3v) is 9.85. The SMILES string of the molecule is CCOC(=O)CNC(=O)NCc1cccc(-c2cccc([C@@H]3O[C@H](CN4CCN(Cc5ccccc5)CC4)[C@H](C)[C@H](c4ccc(CO)cc4)O3)c2)c1. The quantitative estimate of drug-likeness (QED) is 0.149. The molecule has 274 valence electrons. The second-order valence-electron chi connectivity index (χ2n) is 13.6. The van der Waals surface area contributed by atoms with Gasteiger partial charge in [-0.3, -0.25) is 14.6 Å². The fourth-order valence-corrected chi connectivity index (χ4v) is 6.89. The summed E-state index contributed by atoms with van der Waals surface area (Å²) in [6.07, 6.45) is -0.824. The smallest absolute Gasteiger partial charge is 0.325 e. The molecule has 0 saturated carbocycles. The van der Waals surface area contributed by atoms with Crippen LogP contribution < -0.4 is 10.6 Å². The number of amides is 2. The van der Waals surface area contributed by atoms with Gasteiger partial charge in [0.25, 0.3) is 0 Å². The van der Waals surface area contributed by atoms with Gasteiger partial charge in [-0.05, 0) is 52.4 Å². The van der Waals surface area contributed by atoms with Gasteiger partial charge in [-0.1, -0.05) is 97.9 Å². The Labute approximate surface area is 306 Å². The van der Waals surface area contributed by atoms with Crippen molar-refractivity contribution < 1.29 is 28.9 Å². The van der Waals surface area contributed by atoms with Crippen molar-refractivity contribution in [3.05, 3.63) is 131 Å². The van der Waals surface area contributed by atoms with Crippen LogP contribution in [0.2, 0.25) is 0 Å². The van der Waals surface area contributed by atoms with Gasteiger partial charge >= 0.3 is 12.0 Å². The van der Waals surface area contributed by atoms with Crippen molar-refractivity contribution in [3.8, 4) is 11.1 Å². The van der Waals surface area contributed by atoms with Crippen LogP contribution in [0.15, 0.2) is 103 Å². The van der Waals surface area contributed by atoms with E-state index in [4.69, 9.17) is 14.2 Å². The summed E-state index contributed by atoms with van der Waals surface area (Å²) in [4.78, 5) is 28.9. The first-order valence-electron chi connectivity index (χ1n) is 18.2. The molecular formula is C42H50N4O6. The Kier molecular flexibility index (Phi) is 13.1. The minimum atomic E-state index is -0.573. The molecule has 6 rings (SSSR count). The Hall–Kier alpha value is -4.58. The highest BCUT2D eigenvalue weighted by Crippen LogP contribution is 2.42. The highest BCUT2D eigenvalue weighted by atomic mass is 16.7. The second kappa shape index (κ2) is 18.3. The Morgan fingerprint density at radius 1 is 0.769 bits per heavy atom. The zero-order valence-electron chi connectivity index (χ0n) is 30.1. The molecule has 52 heavy (non-hydrogen) atoms. The van der Waals surface area contributed by atoms with Gasteiger partial charge in [-0.2, -0.15) is 0 Å². The van der Waals surface area contributed by atoms with E-state index in [-0.39, 0.29) is 37.9 Å². The number of hydrogen-bond acceptors (Lipinski definition) is 8. The maximum atomic E-state index is 12.2. The summed E-state index contributed by atoms with van der Waals surface area (Å²) < 4.78 is 18.5. The number of nitrogens with zero attached hydrogens (tertiary/aromatic N) is 2. The Morgan fingerprint density at radius 2 is 1.46 bits per heavy atom. The first-order chi connectivity index (χ1) is 25.4. The minimum Gasteiger partial charge on any atom is -0.465 e. The van der Waals surface area contributed by atoms with Crippen LogP contribution in [0.1, 0.15) is 54.1 Å². The van der Waals surface area contributed by atoms with Gasteiger partial charge in [0.15, 0.2) is 6.29 Å². The molecule has 4 aromatic carbocycles.